The highest BCUT2D eigenvalue weighted by Gasteiger charge is 2.33. The van der Waals surface area contributed by atoms with Gasteiger partial charge in [-0.1, -0.05) is 6.92 Å². The lowest BCUT2D eigenvalue weighted by molar-refractivity contribution is -0.384. The molecule has 1 rings (SSSR count). The second kappa shape index (κ2) is 6.88. The van der Waals surface area contributed by atoms with E-state index in [-0.39, 0.29) is 22.3 Å². The molecule has 0 N–H and O–H groups in total. The standard InChI is InChI=1S/C12H12BrF3N2O3/c1-2-5-17(7-12(14,15)16)11(19)9-6-8(18(20)21)3-4-10(9)13/h3-4,6H,2,5,7H2,1H3. The molecule has 0 saturated heterocycles. The molecule has 0 radical (unpaired) electrons. The summed E-state index contributed by atoms with van der Waals surface area (Å²) >= 11 is 3.03. The van der Waals surface area contributed by atoms with Gasteiger partial charge in [0.1, 0.15) is 6.54 Å². The van der Waals surface area contributed by atoms with Crippen molar-refractivity contribution < 1.29 is 22.9 Å². The molecule has 1 aromatic carbocycles. The lowest BCUT2D eigenvalue weighted by atomic mass is 10.1. The van der Waals surface area contributed by atoms with Gasteiger partial charge in [0.15, 0.2) is 0 Å². The van der Waals surface area contributed by atoms with Crippen molar-refractivity contribution in [3.05, 3.63) is 38.3 Å². The molecule has 5 nitrogen and oxygen atoms in total. The molecule has 0 aliphatic rings. The summed E-state index contributed by atoms with van der Waals surface area (Å²) < 4.78 is 37.7. The molecule has 1 amide bonds. The van der Waals surface area contributed by atoms with Crippen LogP contribution in [0, 0.1) is 10.1 Å². The van der Waals surface area contributed by atoms with E-state index in [9.17, 15) is 28.1 Å². The SMILES string of the molecule is CCCN(CC(F)(F)F)C(=O)c1cc([N+](=O)[O-])ccc1Br. The van der Waals surface area contributed by atoms with Crippen LogP contribution in [0.25, 0.3) is 0 Å². The van der Waals surface area contributed by atoms with Crippen molar-refractivity contribution in [1.82, 2.24) is 4.90 Å². The molecule has 0 saturated carbocycles. The molecule has 0 atom stereocenters. The van der Waals surface area contributed by atoms with Gasteiger partial charge in [-0.2, -0.15) is 13.2 Å². The van der Waals surface area contributed by atoms with Crippen LogP contribution < -0.4 is 0 Å². The monoisotopic (exact) mass is 368 g/mol. The summed E-state index contributed by atoms with van der Waals surface area (Å²) in [6.07, 6.45) is -4.19. The number of halogens is 4. The Morgan fingerprint density at radius 2 is 2.05 bits per heavy atom. The van der Waals surface area contributed by atoms with Crippen molar-refractivity contribution in [3.63, 3.8) is 0 Å². The van der Waals surface area contributed by atoms with E-state index in [1.54, 1.807) is 6.92 Å². The highest BCUT2D eigenvalue weighted by molar-refractivity contribution is 9.10. The Kier molecular flexibility index (Phi) is 5.70. The summed E-state index contributed by atoms with van der Waals surface area (Å²) in [6.45, 7) is 0.154. The van der Waals surface area contributed by atoms with Gasteiger partial charge >= 0.3 is 6.18 Å². The van der Waals surface area contributed by atoms with Crippen LogP contribution in [0.15, 0.2) is 22.7 Å². The minimum absolute atomic E-state index is 0.0898. The zero-order valence-electron chi connectivity index (χ0n) is 11.0. The van der Waals surface area contributed by atoms with Crippen LogP contribution in [0.4, 0.5) is 18.9 Å². The van der Waals surface area contributed by atoms with Crippen molar-refractivity contribution in [2.75, 3.05) is 13.1 Å². The predicted molar refractivity (Wildman–Crippen MR) is 73.0 cm³/mol. The van der Waals surface area contributed by atoms with Crippen LogP contribution in [-0.4, -0.2) is 35.0 Å². The van der Waals surface area contributed by atoms with Crippen molar-refractivity contribution in [2.24, 2.45) is 0 Å². The van der Waals surface area contributed by atoms with Crippen LogP contribution in [0.1, 0.15) is 23.7 Å². The first-order valence-corrected chi connectivity index (χ1v) is 6.75. The number of amides is 1. The third-order valence-corrected chi connectivity index (χ3v) is 3.23. The first-order chi connectivity index (χ1) is 9.65. The molecular formula is C12H12BrF3N2O3. The van der Waals surface area contributed by atoms with Gasteiger partial charge in [-0.25, -0.2) is 0 Å². The molecule has 0 aliphatic carbocycles. The number of nitrogens with zero attached hydrogens (tertiary/aromatic N) is 2. The molecule has 0 unspecified atom stereocenters. The summed E-state index contributed by atoms with van der Waals surface area (Å²) in [5.74, 6) is -0.898. The Bertz CT molecular complexity index is 549. The van der Waals surface area contributed by atoms with Crippen molar-refractivity contribution >= 4 is 27.5 Å². The summed E-state index contributed by atoms with van der Waals surface area (Å²) in [5.41, 5.74) is -0.521. The van der Waals surface area contributed by atoms with E-state index in [1.165, 1.54) is 6.07 Å². The molecule has 116 valence electrons. The first kappa shape index (κ1) is 17.4. The van der Waals surface area contributed by atoms with E-state index in [2.05, 4.69) is 15.9 Å². The van der Waals surface area contributed by atoms with E-state index >= 15 is 0 Å². The summed E-state index contributed by atoms with van der Waals surface area (Å²) in [4.78, 5) is 22.8. The highest BCUT2D eigenvalue weighted by atomic mass is 79.9. The highest BCUT2D eigenvalue weighted by Crippen LogP contribution is 2.25. The number of hydrogen-bond acceptors (Lipinski definition) is 3. The lowest BCUT2D eigenvalue weighted by Gasteiger charge is -2.23. The average molecular weight is 369 g/mol. The van der Waals surface area contributed by atoms with Gasteiger partial charge in [-0.3, -0.25) is 14.9 Å². The van der Waals surface area contributed by atoms with Gasteiger partial charge in [0.2, 0.25) is 0 Å². The van der Waals surface area contributed by atoms with E-state index in [0.29, 0.717) is 11.3 Å². The number of alkyl halides is 3. The van der Waals surface area contributed by atoms with Crippen molar-refractivity contribution in [2.45, 2.75) is 19.5 Å². The first-order valence-electron chi connectivity index (χ1n) is 5.95. The van der Waals surface area contributed by atoms with E-state index < -0.39 is 23.6 Å². The third kappa shape index (κ3) is 5.00. The topological polar surface area (TPSA) is 63.5 Å². The fourth-order valence-corrected chi connectivity index (χ4v) is 2.12. The number of rotatable bonds is 5. The van der Waals surface area contributed by atoms with Crippen molar-refractivity contribution in [3.8, 4) is 0 Å². The number of nitro groups is 1. The van der Waals surface area contributed by atoms with Crippen molar-refractivity contribution in [1.29, 1.82) is 0 Å². The quantitative estimate of drug-likeness (QED) is 0.586. The molecule has 0 fully saturated rings. The second-order valence-corrected chi connectivity index (χ2v) is 5.12. The molecule has 0 bridgehead atoms. The van der Waals surface area contributed by atoms with Crippen LogP contribution in [-0.2, 0) is 0 Å². The smallest absolute Gasteiger partial charge is 0.330 e. The third-order valence-electron chi connectivity index (χ3n) is 2.54. The van der Waals surface area contributed by atoms with Crippen LogP contribution in [0.3, 0.4) is 0 Å². The summed E-state index contributed by atoms with van der Waals surface area (Å²) in [7, 11) is 0. The number of benzene rings is 1. The van der Waals surface area contributed by atoms with Gasteiger partial charge in [0.25, 0.3) is 11.6 Å². The van der Waals surface area contributed by atoms with E-state index in [4.69, 9.17) is 0 Å². The molecule has 0 spiro atoms. The molecular weight excluding hydrogens is 357 g/mol. The number of nitro benzene ring substituents is 1. The summed E-state index contributed by atoms with van der Waals surface area (Å²) in [5, 5.41) is 10.7. The fourth-order valence-electron chi connectivity index (χ4n) is 1.70. The second-order valence-electron chi connectivity index (χ2n) is 4.26. The lowest BCUT2D eigenvalue weighted by Crippen LogP contribution is -2.39. The average Bonchev–Trinajstić information content (AvgIpc) is 2.36. The fraction of sp³-hybridized carbons (Fsp3) is 0.417. The minimum Gasteiger partial charge on any atom is -0.330 e. The Hall–Kier alpha value is -1.64. The Balaban J connectivity index is 3.13. The Morgan fingerprint density at radius 3 is 2.52 bits per heavy atom. The molecule has 0 aliphatic heterocycles. The normalized spacial score (nSPS) is 11.3. The molecule has 0 heterocycles. The molecule has 1 aromatic rings. The zero-order valence-corrected chi connectivity index (χ0v) is 12.6. The summed E-state index contributed by atoms with van der Waals surface area (Å²) in [6, 6.07) is 3.39. The van der Waals surface area contributed by atoms with Gasteiger partial charge in [-0.05, 0) is 28.4 Å². The predicted octanol–water partition coefficient (Wildman–Crippen LogP) is 3.77. The molecule has 0 aromatic heterocycles. The van der Waals surface area contributed by atoms with Crippen LogP contribution in [0.2, 0.25) is 0 Å². The van der Waals surface area contributed by atoms with Gasteiger partial charge in [-0.15, -0.1) is 0 Å². The zero-order chi connectivity index (χ0) is 16.2. The number of hydrogen-bond donors (Lipinski definition) is 0. The number of non-ortho nitro benzene ring substituents is 1. The molecule has 9 heteroatoms. The number of carbonyl (C=O) groups excluding carboxylic acids is 1. The van der Waals surface area contributed by atoms with E-state index in [1.807, 2.05) is 0 Å². The largest absolute Gasteiger partial charge is 0.406 e. The van der Waals surface area contributed by atoms with Gasteiger partial charge in [0.05, 0.1) is 10.5 Å². The number of carbonyl (C=O) groups is 1. The van der Waals surface area contributed by atoms with Gasteiger partial charge in [0, 0.05) is 23.2 Å². The van der Waals surface area contributed by atoms with Gasteiger partial charge < -0.3 is 4.90 Å². The van der Waals surface area contributed by atoms with Crippen LogP contribution >= 0.6 is 15.9 Å². The molecule has 21 heavy (non-hydrogen) atoms. The maximum absolute atomic E-state index is 12.5. The minimum atomic E-state index is -4.53. The van der Waals surface area contributed by atoms with E-state index in [0.717, 1.165) is 12.1 Å². The van der Waals surface area contributed by atoms with Crippen LogP contribution in [0.5, 0.6) is 0 Å². The maximum atomic E-state index is 12.5. The maximum Gasteiger partial charge on any atom is 0.406 e. The Labute approximate surface area is 127 Å². The Morgan fingerprint density at radius 1 is 1.43 bits per heavy atom.